The Morgan fingerprint density at radius 2 is 1.81 bits per heavy atom. The second-order valence-corrected chi connectivity index (χ2v) is 8.46. The largest absolute Gasteiger partial charge is 0.444 e. The van der Waals surface area contributed by atoms with Crippen LogP contribution in [0.3, 0.4) is 0 Å². The van der Waals surface area contributed by atoms with Gasteiger partial charge in [-0.2, -0.15) is 0 Å². The number of nitrogens with zero attached hydrogens (tertiary/aromatic N) is 3. The van der Waals surface area contributed by atoms with E-state index in [2.05, 4.69) is 28.1 Å². The summed E-state index contributed by atoms with van der Waals surface area (Å²) in [6, 6.07) is 10.2. The molecule has 2 aromatic rings. The first kappa shape index (κ1) is 27.7. The molecule has 0 saturated carbocycles. The Morgan fingerprint density at radius 1 is 1.12 bits per heavy atom. The Kier molecular flexibility index (Phi) is 11.5. The maximum absolute atomic E-state index is 11.7. The second kappa shape index (κ2) is 13.3. The van der Waals surface area contributed by atoms with Crippen LogP contribution in [0.4, 0.5) is 10.6 Å². The Labute approximate surface area is 208 Å². The number of hydrogen-bond acceptors (Lipinski definition) is 5. The van der Waals surface area contributed by atoms with Crippen LogP contribution in [0.2, 0.25) is 0 Å². The van der Waals surface area contributed by atoms with E-state index in [-0.39, 0.29) is 24.0 Å². The molecule has 1 aromatic heterocycles. The van der Waals surface area contributed by atoms with E-state index in [9.17, 15) is 4.79 Å². The van der Waals surface area contributed by atoms with Crippen LogP contribution in [0.25, 0.3) is 10.9 Å². The van der Waals surface area contributed by atoms with Gasteiger partial charge in [0.15, 0.2) is 5.96 Å². The van der Waals surface area contributed by atoms with Crippen LogP contribution in [-0.4, -0.2) is 56.4 Å². The quantitative estimate of drug-likeness (QED) is 0.198. The molecule has 0 aliphatic heterocycles. The number of nitrogens with one attached hydrogen (secondary N) is 3. The lowest BCUT2D eigenvalue weighted by Crippen LogP contribution is -2.39. The summed E-state index contributed by atoms with van der Waals surface area (Å²) in [5.74, 6) is 1.65. The van der Waals surface area contributed by atoms with Gasteiger partial charge in [0.25, 0.3) is 0 Å². The predicted molar refractivity (Wildman–Crippen MR) is 143 cm³/mol. The first-order valence-electron chi connectivity index (χ1n) is 10.7. The smallest absolute Gasteiger partial charge is 0.407 e. The van der Waals surface area contributed by atoms with E-state index in [1.54, 1.807) is 0 Å². The fraction of sp³-hybridized carbons (Fsp3) is 0.522. The number of carbonyl (C=O) groups is 1. The number of amides is 1. The number of benzene rings is 1. The van der Waals surface area contributed by atoms with Crippen LogP contribution >= 0.6 is 24.0 Å². The standard InChI is InChI=1S/C23H36N6O2.HI/c1-7-24-21(25-13-10-14-26-22(30)31-23(2,3)4)27-16-17-15-20(29(5)6)28-19-12-9-8-11-18(17)19;/h8-9,11-12,15H,7,10,13-14,16H2,1-6H3,(H,26,30)(H2,24,25,27);1H. The number of guanidine groups is 1. The second-order valence-electron chi connectivity index (χ2n) is 8.46. The Balaban J connectivity index is 0.00000512. The van der Waals surface area contributed by atoms with E-state index in [1.807, 2.05) is 64.9 Å². The van der Waals surface area contributed by atoms with Crippen LogP contribution in [0.5, 0.6) is 0 Å². The van der Waals surface area contributed by atoms with Crippen molar-refractivity contribution in [1.82, 2.24) is 20.9 Å². The van der Waals surface area contributed by atoms with Crippen LogP contribution in [0, 0.1) is 0 Å². The lowest BCUT2D eigenvalue weighted by Gasteiger charge is -2.19. The molecule has 1 aromatic carbocycles. The minimum atomic E-state index is -0.489. The third-order valence-corrected chi connectivity index (χ3v) is 4.31. The van der Waals surface area contributed by atoms with Crippen molar-refractivity contribution in [1.29, 1.82) is 0 Å². The highest BCUT2D eigenvalue weighted by atomic mass is 127. The van der Waals surface area contributed by atoms with Crippen molar-refractivity contribution in [2.75, 3.05) is 38.6 Å². The number of aromatic nitrogens is 1. The molecule has 0 unspecified atom stereocenters. The van der Waals surface area contributed by atoms with Crippen molar-refractivity contribution < 1.29 is 9.53 Å². The minimum Gasteiger partial charge on any atom is -0.444 e. The van der Waals surface area contributed by atoms with E-state index in [0.29, 0.717) is 19.6 Å². The highest BCUT2D eigenvalue weighted by Crippen LogP contribution is 2.22. The number of anilines is 1. The van der Waals surface area contributed by atoms with E-state index in [0.717, 1.165) is 41.2 Å². The van der Waals surface area contributed by atoms with Gasteiger partial charge in [-0.15, -0.1) is 24.0 Å². The maximum Gasteiger partial charge on any atom is 0.407 e. The maximum atomic E-state index is 11.7. The molecule has 8 nitrogen and oxygen atoms in total. The van der Waals surface area contributed by atoms with Crippen molar-refractivity contribution in [3.05, 3.63) is 35.9 Å². The van der Waals surface area contributed by atoms with Crippen molar-refractivity contribution in [3.63, 3.8) is 0 Å². The highest BCUT2D eigenvalue weighted by molar-refractivity contribution is 14.0. The van der Waals surface area contributed by atoms with Gasteiger partial charge in [0.05, 0.1) is 12.1 Å². The van der Waals surface area contributed by atoms with Gasteiger partial charge in [0.1, 0.15) is 11.4 Å². The summed E-state index contributed by atoms with van der Waals surface area (Å²) in [4.78, 5) is 23.2. The average Bonchev–Trinajstić information content (AvgIpc) is 2.69. The lowest BCUT2D eigenvalue weighted by molar-refractivity contribution is 0.0527. The topological polar surface area (TPSA) is 90.9 Å². The number of aliphatic imine (C=N–C) groups is 1. The summed E-state index contributed by atoms with van der Waals surface area (Å²) in [6.07, 6.45) is 0.362. The molecule has 9 heteroatoms. The summed E-state index contributed by atoms with van der Waals surface area (Å²) < 4.78 is 5.24. The average molecular weight is 556 g/mol. The van der Waals surface area contributed by atoms with Gasteiger partial charge in [0, 0.05) is 39.1 Å². The summed E-state index contributed by atoms with van der Waals surface area (Å²) in [5, 5.41) is 10.5. The molecule has 0 fully saturated rings. The predicted octanol–water partition coefficient (Wildman–Crippen LogP) is 3.89. The number of hydrogen-bond donors (Lipinski definition) is 3. The first-order valence-corrected chi connectivity index (χ1v) is 10.7. The van der Waals surface area contributed by atoms with Gasteiger partial charge in [-0.05, 0) is 51.8 Å². The van der Waals surface area contributed by atoms with E-state index in [1.165, 1.54) is 0 Å². The van der Waals surface area contributed by atoms with Gasteiger partial charge in [0.2, 0.25) is 0 Å². The summed E-state index contributed by atoms with van der Waals surface area (Å²) in [6.45, 7) is 10.1. The summed E-state index contributed by atoms with van der Waals surface area (Å²) in [7, 11) is 3.97. The number of ether oxygens (including phenoxy) is 1. The van der Waals surface area contributed by atoms with E-state index >= 15 is 0 Å². The van der Waals surface area contributed by atoms with Gasteiger partial charge in [-0.1, -0.05) is 18.2 Å². The molecule has 3 N–H and O–H groups in total. The minimum absolute atomic E-state index is 0. The first-order chi connectivity index (χ1) is 14.7. The van der Waals surface area contributed by atoms with Crippen molar-refractivity contribution in [2.45, 2.75) is 46.3 Å². The van der Waals surface area contributed by atoms with Gasteiger partial charge in [-0.25, -0.2) is 14.8 Å². The lowest BCUT2D eigenvalue weighted by atomic mass is 10.1. The van der Waals surface area contributed by atoms with Crippen LogP contribution in [0.15, 0.2) is 35.3 Å². The Morgan fingerprint density at radius 3 is 2.47 bits per heavy atom. The van der Waals surface area contributed by atoms with Gasteiger partial charge in [-0.3, -0.25) is 0 Å². The number of para-hydroxylation sites is 1. The van der Waals surface area contributed by atoms with Gasteiger partial charge >= 0.3 is 6.09 Å². The zero-order valence-corrected chi connectivity index (χ0v) is 22.3. The zero-order chi connectivity index (χ0) is 22.9. The van der Waals surface area contributed by atoms with Crippen molar-refractivity contribution in [3.8, 4) is 0 Å². The number of pyridine rings is 1. The molecule has 0 atom stereocenters. The number of carbonyl (C=O) groups excluding carboxylic acids is 1. The molecular formula is C23H37IN6O2. The van der Waals surface area contributed by atoms with E-state index in [4.69, 9.17) is 14.7 Å². The molecule has 0 bridgehead atoms. The molecule has 2 rings (SSSR count). The Hall–Kier alpha value is -2.30. The van der Waals surface area contributed by atoms with Crippen LogP contribution in [-0.2, 0) is 11.3 Å². The molecule has 0 spiro atoms. The molecule has 0 aliphatic rings. The molecule has 32 heavy (non-hydrogen) atoms. The summed E-state index contributed by atoms with van der Waals surface area (Å²) in [5.41, 5.74) is 1.60. The molecule has 178 valence electrons. The van der Waals surface area contributed by atoms with Gasteiger partial charge < -0.3 is 25.6 Å². The monoisotopic (exact) mass is 556 g/mol. The number of rotatable bonds is 8. The van der Waals surface area contributed by atoms with E-state index < -0.39 is 11.7 Å². The van der Waals surface area contributed by atoms with Crippen molar-refractivity contribution in [2.24, 2.45) is 4.99 Å². The number of fused-ring (bicyclic) bond motifs is 1. The highest BCUT2D eigenvalue weighted by Gasteiger charge is 2.15. The fourth-order valence-corrected chi connectivity index (χ4v) is 2.90. The molecular weight excluding hydrogens is 519 g/mol. The van der Waals surface area contributed by atoms with Crippen LogP contribution in [0.1, 0.15) is 39.7 Å². The third kappa shape index (κ3) is 9.46. The van der Waals surface area contributed by atoms with Crippen LogP contribution < -0.4 is 20.9 Å². The number of halogens is 1. The zero-order valence-electron chi connectivity index (χ0n) is 20.0. The molecule has 1 amide bonds. The Bertz CT molecular complexity index is 896. The fourth-order valence-electron chi connectivity index (χ4n) is 2.90. The molecule has 0 saturated heterocycles. The number of alkyl carbamates (subject to hydrolysis) is 1. The molecule has 0 aliphatic carbocycles. The molecule has 0 radical (unpaired) electrons. The normalized spacial score (nSPS) is 11.5. The third-order valence-electron chi connectivity index (χ3n) is 4.31. The summed E-state index contributed by atoms with van der Waals surface area (Å²) >= 11 is 0. The SMILES string of the molecule is CCNC(=NCc1cc(N(C)C)nc2ccccc12)NCCCNC(=O)OC(C)(C)C.I. The molecule has 1 heterocycles. The van der Waals surface area contributed by atoms with Crippen molar-refractivity contribution >= 4 is 52.8 Å².